The number of carbonyl (C=O) groups excluding carboxylic acids is 1. The highest BCUT2D eigenvalue weighted by Crippen LogP contribution is 2.40. The summed E-state index contributed by atoms with van der Waals surface area (Å²) in [6.45, 7) is 1.75. The van der Waals surface area contributed by atoms with E-state index in [1.54, 1.807) is 13.0 Å². The molecule has 74 valence electrons. The van der Waals surface area contributed by atoms with E-state index in [9.17, 15) is 9.18 Å². The molecule has 1 aromatic rings. The fourth-order valence-corrected chi connectivity index (χ4v) is 1.73. The number of nitrogens with one attached hydrogen (secondary N) is 1. The summed E-state index contributed by atoms with van der Waals surface area (Å²) in [6.07, 6.45) is 1.69. The van der Waals surface area contributed by atoms with Crippen molar-refractivity contribution in [3.8, 4) is 0 Å². The third-order valence-corrected chi connectivity index (χ3v) is 2.68. The van der Waals surface area contributed by atoms with Crippen LogP contribution >= 0.6 is 0 Å². The van der Waals surface area contributed by atoms with Crippen molar-refractivity contribution in [1.29, 1.82) is 0 Å². The number of carbonyl (C=O) groups is 1. The van der Waals surface area contributed by atoms with Gasteiger partial charge < -0.3 is 5.32 Å². The maximum Gasteiger partial charge on any atom is 0.207 e. The van der Waals surface area contributed by atoms with E-state index in [1.807, 2.05) is 6.07 Å². The van der Waals surface area contributed by atoms with Gasteiger partial charge in [0, 0.05) is 12.0 Å². The van der Waals surface area contributed by atoms with Crippen molar-refractivity contribution < 1.29 is 9.18 Å². The minimum absolute atomic E-state index is 0.172. The van der Waals surface area contributed by atoms with Crippen LogP contribution in [0.4, 0.5) is 4.39 Å². The summed E-state index contributed by atoms with van der Waals surface area (Å²) in [5.41, 5.74) is 1.78. The van der Waals surface area contributed by atoms with Gasteiger partial charge in [-0.15, -0.1) is 0 Å². The van der Waals surface area contributed by atoms with Crippen molar-refractivity contribution >= 4 is 6.41 Å². The SMILES string of the molecule is Cc1cc([C@H]2C[C@@H]2NC=O)ccc1F. The molecule has 0 bridgehead atoms. The Hall–Kier alpha value is -1.38. The van der Waals surface area contributed by atoms with E-state index in [4.69, 9.17) is 0 Å². The van der Waals surface area contributed by atoms with Gasteiger partial charge in [0.1, 0.15) is 5.82 Å². The van der Waals surface area contributed by atoms with Gasteiger partial charge in [-0.3, -0.25) is 4.79 Å². The molecule has 1 fully saturated rings. The number of halogens is 1. The summed E-state index contributed by atoms with van der Waals surface area (Å²) in [5, 5.41) is 2.73. The summed E-state index contributed by atoms with van der Waals surface area (Å²) >= 11 is 0. The smallest absolute Gasteiger partial charge is 0.207 e. The number of hydrogen-bond donors (Lipinski definition) is 1. The molecule has 2 nitrogen and oxygen atoms in total. The fourth-order valence-electron chi connectivity index (χ4n) is 1.73. The maximum atomic E-state index is 13.0. The van der Waals surface area contributed by atoms with E-state index in [-0.39, 0.29) is 11.9 Å². The Morgan fingerprint density at radius 2 is 2.36 bits per heavy atom. The first-order valence-electron chi connectivity index (χ1n) is 4.68. The van der Waals surface area contributed by atoms with Gasteiger partial charge in [-0.05, 0) is 30.5 Å². The van der Waals surface area contributed by atoms with Crippen LogP contribution in [0.25, 0.3) is 0 Å². The van der Waals surface area contributed by atoms with E-state index >= 15 is 0 Å². The van der Waals surface area contributed by atoms with Crippen LogP contribution in [-0.2, 0) is 4.79 Å². The molecule has 1 aliphatic rings. The van der Waals surface area contributed by atoms with Gasteiger partial charge in [0.2, 0.25) is 6.41 Å². The Balaban J connectivity index is 2.12. The molecule has 1 aromatic carbocycles. The molecule has 0 aromatic heterocycles. The van der Waals surface area contributed by atoms with Gasteiger partial charge in [-0.25, -0.2) is 4.39 Å². The lowest BCUT2D eigenvalue weighted by atomic mass is 10.1. The lowest BCUT2D eigenvalue weighted by Crippen LogP contribution is -2.14. The second-order valence-corrected chi connectivity index (χ2v) is 3.74. The van der Waals surface area contributed by atoms with Gasteiger partial charge in [0.15, 0.2) is 0 Å². The molecule has 1 amide bonds. The molecule has 0 heterocycles. The van der Waals surface area contributed by atoms with Gasteiger partial charge in [0.05, 0.1) is 0 Å². The van der Waals surface area contributed by atoms with Crippen molar-refractivity contribution in [3.63, 3.8) is 0 Å². The van der Waals surface area contributed by atoms with Crippen LogP contribution in [-0.4, -0.2) is 12.5 Å². The Kier molecular flexibility index (Phi) is 2.23. The molecule has 3 heteroatoms. The minimum atomic E-state index is -0.172. The summed E-state index contributed by atoms with van der Waals surface area (Å²) < 4.78 is 13.0. The van der Waals surface area contributed by atoms with Gasteiger partial charge in [-0.2, -0.15) is 0 Å². The van der Waals surface area contributed by atoms with E-state index in [0.29, 0.717) is 11.5 Å². The Morgan fingerprint density at radius 1 is 1.57 bits per heavy atom. The third-order valence-electron chi connectivity index (χ3n) is 2.68. The molecule has 0 saturated heterocycles. The van der Waals surface area contributed by atoms with Crippen molar-refractivity contribution in [2.45, 2.75) is 25.3 Å². The maximum absolute atomic E-state index is 13.0. The summed E-state index contributed by atoms with van der Waals surface area (Å²) in [5.74, 6) is 0.203. The van der Waals surface area contributed by atoms with Crippen molar-refractivity contribution in [3.05, 3.63) is 35.1 Å². The molecular formula is C11H12FNO. The van der Waals surface area contributed by atoms with Crippen molar-refractivity contribution in [1.82, 2.24) is 5.32 Å². The Morgan fingerprint density at radius 3 is 3.00 bits per heavy atom. The summed E-state index contributed by atoms with van der Waals surface area (Å²) in [7, 11) is 0. The first-order chi connectivity index (χ1) is 6.72. The van der Waals surface area contributed by atoms with Crippen LogP contribution in [0.2, 0.25) is 0 Å². The van der Waals surface area contributed by atoms with Crippen LogP contribution in [0.3, 0.4) is 0 Å². The van der Waals surface area contributed by atoms with Gasteiger partial charge in [-0.1, -0.05) is 12.1 Å². The zero-order valence-corrected chi connectivity index (χ0v) is 7.96. The number of hydrogen-bond acceptors (Lipinski definition) is 1. The van der Waals surface area contributed by atoms with Crippen LogP contribution in [0, 0.1) is 12.7 Å². The lowest BCUT2D eigenvalue weighted by molar-refractivity contribution is -0.109. The monoisotopic (exact) mass is 193 g/mol. The number of rotatable bonds is 3. The molecule has 0 unspecified atom stereocenters. The average molecular weight is 193 g/mol. The second-order valence-electron chi connectivity index (χ2n) is 3.74. The molecule has 1 saturated carbocycles. The highest BCUT2D eigenvalue weighted by atomic mass is 19.1. The molecule has 0 radical (unpaired) electrons. The minimum Gasteiger partial charge on any atom is -0.355 e. The van der Waals surface area contributed by atoms with Crippen LogP contribution in [0.1, 0.15) is 23.5 Å². The molecule has 1 aliphatic carbocycles. The van der Waals surface area contributed by atoms with Gasteiger partial charge in [0.25, 0.3) is 0 Å². The summed E-state index contributed by atoms with van der Waals surface area (Å²) in [4.78, 5) is 10.2. The number of aryl methyl sites for hydroxylation is 1. The first-order valence-corrected chi connectivity index (χ1v) is 4.68. The fraction of sp³-hybridized carbons (Fsp3) is 0.364. The standard InChI is InChI=1S/C11H12FNO/c1-7-4-8(2-3-10(7)12)9-5-11(9)13-6-14/h2-4,6,9,11H,5H2,1H3,(H,13,14)/t9-,11+/m1/s1. The molecule has 14 heavy (non-hydrogen) atoms. The largest absolute Gasteiger partial charge is 0.355 e. The summed E-state index contributed by atoms with van der Waals surface area (Å²) in [6, 6.07) is 5.38. The molecule has 2 rings (SSSR count). The Bertz CT molecular complexity index is 364. The predicted molar refractivity (Wildman–Crippen MR) is 51.5 cm³/mol. The van der Waals surface area contributed by atoms with E-state index in [2.05, 4.69) is 5.32 Å². The second kappa shape index (κ2) is 3.40. The molecule has 0 spiro atoms. The van der Waals surface area contributed by atoms with E-state index < -0.39 is 0 Å². The van der Waals surface area contributed by atoms with E-state index in [0.717, 1.165) is 18.4 Å². The van der Waals surface area contributed by atoms with E-state index in [1.165, 1.54) is 6.07 Å². The quantitative estimate of drug-likeness (QED) is 0.728. The lowest BCUT2D eigenvalue weighted by Gasteiger charge is -2.02. The molecule has 1 N–H and O–H groups in total. The molecule has 2 atom stereocenters. The topological polar surface area (TPSA) is 29.1 Å². The number of amides is 1. The zero-order valence-electron chi connectivity index (χ0n) is 7.96. The predicted octanol–water partition coefficient (Wildman–Crippen LogP) is 1.74. The van der Waals surface area contributed by atoms with Crippen molar-refractivity contribution in [2.24, 2.45) is 0 Å². The van der Waals surface area contributed by atoms with Crippen LogP contribution < -0.4 is 5.32 Å². The number of benzene rings is 1. The van der Waals surface area contributed by atoms with Crippen LogP contribution in [0.5, 0.6) is 0 Å². The van der Waals surface area contributed by atoms with Gasteiger partial charge >= 0.3 is 0 Å². The average Bonchev–Trinajstić information content (AvgIpc) is 2.90. The normalized spacial score (nSPS) is 24.4. The third kappa shape index (κ3) is 1.62. The Labute approximate surface area is 82.1 Å². The highest BCUT2D eigenvalue weighted by molar-refractivity contribution is 5.49. The zero-order chi connectivity index (χ0) is 10.1. The molecule has 0 aliphatic heterocycles. The first kappa shape index (κ1) is 9.19. The van der Waals surface area contributed by atoms with Crippen molar-refractivity contribution in [2.75, 3.05) is 0 Å². The molecular weight excluding hydrogens is 181 g/mol. The van der Waals surface area contributed by atoms with Crippen LogP contribution in [0.15, 0.2) is 18.2 Å². The highest BCUT2D eigenvalue weighted by Gasteiger charge is 2.38.